The maximum Gasteiger partial charge on any atom is 0.195 e. The number of rotatable bonds is 4. The molecule has 1 heterocycles. The number of thiophene rings is 1. The summed E-state index contributed by atoms with van der Waals surface area (Å²) in [6.45, 7) is 3.24. The lowest BCUT2D eigenvalue weighted by atomic mass is 10.1. The van der Waals surface area contributed by atoms with E-state index in [4.69, 9.17) is 4.74 Å². The molecule has 23 heavy (non-hydrogen) atoms. The lowest BCUT2D eigenvalue weighted by Gasteiger charge is -2.05. The van der Waals surface area contributed by atoms with Crippen LogP contribution in [0.2, 0.25) is 0 Å². The van der Waals surface area contributed by atoms with Crippen LogP contribution in [0.15, 0.2) is 42.5 Å². The van der Waals surface area contributed by atoms with Crippen LogP contribution < -0.4 is 4.74 Å². The van der Waals surface area contributed by atoms with Gasteiger partial charge < -0.3 is 9.84 Å². The van der Waals surface area contributed by atoms with Crippen molar-refractivity contribution in [3.63, 3.8) is 0 Å². The summed E-state index contributed by atoms with van der Waals surface area (Å²) in [7, 11) is 1.61. The Hall–Kier alpha value is -2.35. The Labute approximate surface area is 140 Å². The van der Waals surface area contributed by atoms with Gasteiger partial charge in [0.1, 0.15) is 11.4 Å². The molecule has 1 aromatic carbocycles. The average molecular weight is 326 g/mol. The van der Waals surface area contributed by atoms with Crippen molar-refractivity contribution in [1.29, 1.82) is 0 Å². The van der Waals surface area contributed by atoms with Crippen LogP contribution in [-0.2, 0) is 0 Å². The third kappa shape index (κ3) is 5.41. The van der Waals surface area contributed by atoms with Crippen molar-refractivity contribution >= 4 is 23.2 Å². The van der Waals surface area contributed by atoms with Gasteiger partial charge in [0.25, 0.3) is 0 Å². The molecule has 0 saturated carbocycles. The molecule has 3 nitrogen and oxygen atoms in total. The van der Waals surface area contributed by atoms with E-state index in [-0.39, 0.29) is 5.78 Å². The normalized spacial score (nSPS) is 11.1. The van der Waals surface area contributed by atoms with E-state index in [1.807, 2.05) is 24.3 Å². The fraction of sp³-hybridized carbons (Fsp3) is 0.211. The second kappa shape index (κ2) is 7.28. The van der Waals surface area contributed by atoms with Crippen LogP contribution >= 0.6 is 11.3 Å². The monoisotopic (exact) mass is 326 g/mol. The molecular weight excluding hydrogens is 308 g/mol. The zero-order valence-corrected chi connectivity index (χ0v) is 14.1. The van der Waals surface area contributed by atoms with E-state index in [1.54, 1.807) is 45.2 Å². The van der Waals surface area contributed by atoms with Crippen molar-refractivity contribution in [3.05, 3.63) is 57.8 Å². The summed E-state index contributed by atoms with van der Waals surface area (Å²) >= 11 is 1.32. The van der Waals surface area contributed by atoms with E-state index in [0.717, 1.165) is 16.2 Å². The van der Waals surface area contributed by atoms with Crippen LogP contribution in [0.3, 0.4) is 0 Å². The van der Waals surface area contributed by atoms with Gasteiger partial charge in [0.05, 0.1) is 16.9 Å². The van der Waals surface area contributed by atoms with E-state index in [2.05, 4.69) is 11.8 Å². The van der Waals surface area contributed by atoms with Crippen molar-refractivity contribution in [3.8, 4) is 17.6 Å². The molecule has 1 N–H and O–H groups in total. The van der Waals surface area contributed by atoms with Crippen LogP contribution in [-0.4, -0.2) is 23.6 Å². The molecule has 0 aliphatic carbocycles. The molecule has 0 saturated heterocycles. The zero-order valence-electron chi connectivity index (χ0n) is 13.3. The van der Waals surface area contributed by atoms with Gasteiger partial charge >= 0.3 is 0 Å². The van der Waals surface area contributed by atoms with Crippen LogP contribution in [0.1, 0.15) is 34.0 Å². The quantitative estimate of drug-likeness (QED) is 0.528. The van der Waals surface area contributed by atoms with Crippen molar-refractivity contribution in [2.45, 2.75) is 19.4 Å². The second-order valence-corrected chi connectivity index (χ2v) is 6.53. The Morgan fingerprint density at radius 1 is 1.22 bits per heavy atom. The molecule has 0 atom stereocenters. The predicted molar refractivity (Wildman–Crippen MR) is 93.9 cm³/mol. The Bertz CT molecular complexity index is 765. The number of carbonyl (C=O) groups excluding carboxylic acids is 1. The smallest absolute Gasteiger partial charge is 0.195 e. The highest BCUT2D eigenvalue weighted by Crippen LogP contribution is 2.18. The summed E-state index contributed by atoms with van der Waals surface area (Å²) in [5.41, 5.74) is -0.111. The molecule has 0 fully saturated rings. The lowest BCUT2D eigenvalue weighted by molar-refractivity contribution is 0.105. The number of methoxy groups -OCH3 is 1. The fourth-order valence-corrected chi connectivity index (χ4v) is 2.50. The number of allylic oxidation sites excluding steroid dienone is 1. The number of ketones is 1. The summed E-state index contributed by atoms with van der Waals surface area (Å²) in [6.07, 6.45) is 3.31. The molecule has 0 amide bonds. The van der Waals surface area contributed by atoms with E-state index in [0.29, 0.717) is 4.88 Å². The molecule has 2 rings (SSSR count). The highest BCUT2D eigenvalue weighted by molar-refractivity contribution is 7.14. The Balaban J connectivity index is 2.06. The summed E-state index contributed by atoms with van der Waals surface area (Å²) in [5, 5.41) is 9.59. The first-order valence-corrected chi connectivity index (χ1v) is 7.91. The van der Waals surface area contributed by atoms with Crippen LogP contribution in [0.25, 0.3) is 6.08 Å². The third-order valence-electron chi connectivity index (χ3n) is 2.88. The molecule has 4 heteroatoms. The number of hydrogen-bond donors (Lipinski definition) is 1. The fourth-order valence-electron chi connectivity index (χ4n) is 1.72. The van der Waals surface area contributed by atoms with Crippen molar-refractivity contribution < 1.29 is 14.6 Å². The van der Waals surface area contributed by atoms with Gasteiger partial charge in [-0.05, 0) is 49.8 Å². The molecule has 0 bridgehead atoms. The number of benzene rings is 1. The van der Waals surface area contributed by atoms with Crippen molar-refractivity contribution in [2.75, 3.05) is 7.11 Å². The first kappa shape index (κ1) is 17.0. The minimum Gasteiger partial charge on any atom is -0.497 e. The molecule has 1 aromatic heterocycles. The van der Waals surface area contributed by atoms with Crippen LogP contribution in [0, 0.1) is 11.8 Å². The van der Waals surface area contributed by atoms with Crippen LogP contribution in [0.4, 0.5) is 0 Å². The molecule has 0 radical (unpaired) electrons. The molecule has 0 aliphatic rings. The van der Waals surface area contributed by atoms with Gasteiger partial charge in [0, 0.05) is 0 Å². The number of carbonyl (C=O) groups is 1. The molecular formula is C19H18O3S. The highest BCUT2D eigenvalue weighted by atomic mass is 32.1. The summed E-state index contributed by atoms with van der Waals surface area (Å²) in [6, 6.07) is 11.0. The van der Waals surface area contributed by atoms with Crippen LogP contribution in [0.5, 0.6) is 5.75 Å². The maximum atomic E-state index is 12.2. The molecule has 118 valence electrons. The summed E-state index contributed by atoms with van der Waals surface area (Å²) < 4.78 is 5.09. The van der Waals surface area contributed by atoms with Crippen molar-refractivity contribution in [1.82, 2.24) is 0 Å². The van der Waals surface area contributed by atoms with E-state index in [9.17, 15) is 9.90 Å². The average Bonchev–Trinajstić information content (AvgIpc) is 2.99. The van der Waals surface area contributed by atoms with E-state index < -0.39 is 5.60 Å². The summed E-state index contributed by atoms with van der Waals surface area (Å²) in [4.78, 5) is 13.5. The van der Waals surface area contributed by atoms with Gasteiger partial charge in [-0.2, -0.15) is 0 Å². The number of aliphatic hydroxyl groups is 1. The topological polar surface area (TPSA) is 46.5 Å². The Morgan fingerprint density at radius 3 is 2.52 bits per heavy atom. The van der Waals surface area contributed by atoms with Gasteiger partial charge in [-0.1, -0.05) is 30.0 Å². The second-order valence-electron chi connectivity index (χ2n) is 5.44. The van der Waals surface area contributed by atoms with E-state index >= 15 is 0 Å². The minimum absolute atomic E-state index is 0.0675. The largest absolute Gasteiger partial charge is 0.497 e. The van der Waals surface area contributed by atoms with Gasteiger partial charge in [-0.3, -0.25) is 4.79 Å². The van der Waals surface area contributed by atoms with Gasteiger partial charge in [0.15, 0.2) is 5.78 Å². The first-order valence-electron chi connectivity index (χ1n) is 7.09. The molecule has 0 aliphatic heterocycles. The highest BCUT2D eigenvalue weighted by Gasteiger charge is 2.08. The molecule has 0 unspecified atom stereocenters. The maximum absolute atomic E-state index is 12.2. The first-order chi connectivity index (χ1) is 10.9. The number of ether oxygens (including phenoxy) is 1. The number of hydrogen-bond acceptors (Lipinski definition) is 4. The molecule has 2 aromatic rings. The van der Waals surface area contributed by atoms with Crippen molar-refractivity contribution in [2.24, 2.45) is 0 Å². The van der Waals surface area contributed by atoms with E-state index in [1.165, 1.54) is 11.3 Å². The van der Waals surface area contributed by atoms with Gasteiger partial charge in [-0.15, -0.1) is 11.3 Å². The lowest BCUT2D eigenvalue weighted by Crippen LogP contribution is -2.14. The standard InChI is InChI=1S/C19H18O3S/c1-19(2,21)13-12-16-9-11-18(23-16)17(20)10-6-14-4-7-15(22-3)8-5-14/h4-11,21H,1-3H3. The zero-order chi connectivity index (χ0) is 16.9. The Kier molecular flexibility index (Phi) is 5.38. The predicted octanol–water partition coefficient (Wildman–Crippen LogP) is 3.78. The summed E-state index contributed by atoms with van der Waals surface area (Å²) in [5.74, 6) is 6.32. The Morgan fingerprint density at radius 2 is 1.91 bits per heavy atom. The minimum atomic E-state index is -1.04. The molecule has 0 spiro atoms. The van der Waals surface area contributed by atoms with Gasteiger partial charge in [-0.25, -0.2) is 0 Å². The van der Waals surface area contributed by atoms with Gasteiger partial charge in [0.2, 0.25) is 0 Å². The third-order valence-corrected chi connectivity index (χ3v) is 3.90. The SMILES string of the molecule is COc1ccc(C=CC(=O)c2ccc(C#CC(C)(C)O)s2)cc1.